The number of aromatic nitrogens is 2. The highest BCUT2D eigenvalue weighted by molar-refractivity contribution is 7.89. The topological polar surface area (TPSA) is 112 Å². The second-order valence-corrected chi connectivity index (χ2v) is 8.80. The number of ether oxygens (including phenoxy) is 2. The number of imidazole rings is 1. The first-order valence-corrected chi connectivity index (χ1v) is 11.2. The van der Waals surface area contributed by atoms with Gasteiger partial charge in [-0.1, -0.05) is 11.6 Å². The largest absolute Gasteiger partial charge is 0.491 e. The molecule has 1 aromatic heterocycles. The lowest BCUT2D eigenvalue weighted by molar-refractivity contribution is 0.0941. The molecule has 0 bridgehead atoms. The minimum atomic E-state index is -4.53. The molecule has 0 aliphatic rings. The van der Waals surface area contributed by atoms with Crippen molar-refractivity contribution in [3.05, 3.63) is 65.1 Å². The van der Waals surface area contributed by atoms with Gasteiger partial charge >= 0.3 is 0 Å². The Hall–Kier alpha value is -3.06. The smallest absolute Gasteiger partial charge is 0.269 e. The van der Waals surface area contributed by atoms with Crippen molar-refractivity contribution in [2.45, 2.75) is 4.90 Å². The Bertz CT molecular complexity index is 1280. The molecule has 0 spiro atoms. The zero-order valence-corrected chi connectivity index (χ0v) is 19.0. The normalized spacial score (nSPS) is 11.4. The quantitative estimate of drug-likeness (QED) is 0.345. The van der Waals surface area contributed by atoms with Gasteiger partial charge in [-0.15, -0.1) is 4.83 Å². The maximum atomic E-state index is 14.5. The highest BCUT2D eigenvalue weighted by Gasteiger charge is 2.23. The Morgan fingerprint density at radius 3 is 2.61 bits per heavy atom. The van der Waals surface area contributed by atoms with E-state index in [1.807, 2.05) is 5.43 Å². The number of hydrogen-bond acceptors (Lipinski definition) is 6. The van der Waals surface area contributed by atoms with Crippen molar-refractivity contribution in [3.8, 4) is 17.0 Å². The first-order valence-electron chi connectivity index (χ1n) is 9.33. The summed E-state index contributed by atoms with van der Waals surface area (Å²) in [7, 11) is -1.34. The molecule has 3 rings (SSSR count). The SMILES string of the molecule is COCCOc1ccc(S(=O)(=O)NNC(=O)c2cc(-c3cn(C)cn3)cc(Cl)c2F)c(F)c1. The number of hydrogen-bond donors (Lipinski definition) is 2. The third-order valence-electron chi connectivity index (χ3n) is 4.32. The number of carbonyl (C=O) groups is 1. The zero-order chi connectivity index (χ0) is 24.2. The number of methoxy groups -OCH3 is 1. The maximum Gasteiger partial charge on any atom is 0.269 e. The number of rotatable bonds is 9. The third kappa shape index (κ3) is 5.85. The monoisotopic (exact) mass is 500 g/mol. The van der Waals surface area contributed by atoms with Gasteiger partial charge in [0.15, 0.2) is 5.82 Å². The van der Waals surface area contributed by atoms with Gasteiger partial charge in [-0.2, -0.15) is 0 Å². The fraction of sp³-hybridized carbons (Fsp3) is 0.200. The summed E-state index contributed by atoms with van der Waals surface area (Å²) in [5.74, 6) is -3.22. The molecule has 13 heteroatoms. The standard InChI is InChI=1S/C20H19ClF2N4O5S/c1-27-10-17(24-11-27)12-7-14(19(23)15(21)8-12)20(28)25-26-33(29,30)18-4-3-13(9-16(18)22)32-6-5-31-2/h3-4,7-11,26H,5-6H2,1-2H3,(H,25,28). The minimum absolute atomic E-state index is 0.0931. The molecule has 33 heavy (non-hydrogen) atoms. The average molecular weight is 501 g/mol. The van der Waals surface area contributed by atoms with Crippen molar-refractivity contribution in [3.63, 3.8) is 0 Å². The van der Waals surface area contributed by atoms with Crippen molar-refractivity contribution in [1.29, 1.82) is 0 Å². The van der Waals surface area contributed by atoms with E-state index in [1.54, 1.807) is 22.6 Å². The molecular weight excluding hydrogens is 482 g/mol. The molecular formula is C20H19ClF2N4O5S. The number of halogens is 3. The zero-order valence-electron chi connectivity index (χ0n) is 17.4. The van der Waals surface area contributed by atoms with Gasteiger partial charge in [0, 0.05) is 32.0 Å². The van der Waals surface area contributed by atoms with E-state index >= 15 is 0 Å². The summed E-state index contributed by atoms with van der Waals surface area (Å²) in [5, 5.41) is -0.360. The molecule has 0 aliphatic carbocycles. The first kappa shape index (κ1) is 24.6. The van der Waals surface area contributed by atoms with Crippen molar-refractivity contribution in [1.82, 2.24) is 19.8 Å². The highest BCUT2D eigenvalue weighted by Crippen LogP contribution is 2.27. The van der Waals surface area contributed by atoms with E-state index in [-0.39, 0.29) is 24.0 Å². The summed E-state index contributed by atoms with van der Waals surface area (Å²) in [4.78, 5) is 17.6. The van der Waals surface area contributed by atoms with E-state index in [0.29, 0.717) is 11.3 Å². The van der Waals surface area contributed by atoms with Gasteiger partial charge in [0.1, 0.15) is 23.1 Å². The van der Waals surface area contributed by atoms with Gasteiger partial charge in [-0.05, 0) is 24.3 Å². The van der Waals surface area contributed by atoms with Crippen LogP contribution in [0.25, 0.3) is 11.3 Å². The highest BCUT2D eigenvalue weighted by atomic mass is 35.5. The van der Waals surface area contributed by atoms with E-state index in [9.17, 15) is 22.0 Å². The molecule has 0 radical (unpaired) electrons. The molecule has 0 atom stereocenters. The van der Waals surface area contributed by atoms with E-state index in [0.717, 1.165) is 12.1 Å². The second-order valence-electron chi connectivity index (χ2n) is 6.74. The van der Waals surface area contributed by atoms with Gasteiger partial charge in [-0.3, -0.25) is 10.2 Å². The first-order chi connectivity index (χ1) is 15.6. The van der Waals surface area contributed by atoms with Crippen LogP contribution in [0.1, 0.15) is 10.4 Å². The van der Waals surface area contributed by atoms with Gasteiger partial charge in [0.05, 0.1) is 29.2 Å². The number of sulfonamides is 1. The summed E-state index contributed by atoms with van der Waals surface area (Å²) in [6.07, 6.45) is 3.13. The lowest BCUT2D eigenvalue weighted by Crippen LogP contribution is -2.42. The molecule has 0 fully saturated rings. The third-order valence-corrected chi connectivity index (χ3v) is 5.88. The maximum absolute atomic E-state index is 14.5. The second kappa shape index (κ2) is 10.3. The predicted octanol–water partition coefficient (Wildman–Crippen LogP) is 2.67. The van der Waals surface area contributed by atoms with Crippen LogP contribution in [0, 0.1) is 11.6 Å². The molecule has 2 aromatic carbocycles. The Morgan fingerprint density at radius 2 is 1.97 bits per heavy atom. The lowest BCUT2D eigenvalue weighted by Gasteiger charge is -2.12. The van der Waals surface area contributed by atoms with Gasteiger partial charge < -0.3 is 14.0 Å². The molecule has 0 saturated carbocycles. The van der Waals surface area contributed by atoms with E-state index in [4.69, 9.17) is 21.1 Å². The summed E-state index contributed by atoms with van der Waals surface area (Å²) in [6, 6.07) is 5.53. The molecule has 176 valence electrons. The van der Waals surface area contributed by atoms with E-state index in [1.165, 1.54) is 31.6 Å². The van der Waals surface area contributed by atoms with Crippen LogP contribution >= 0.6 is 11.6 Å². The van der Waals surface area contributed by atoms with Gasteiger partial charge in [0.25, 0.3) is 15.9 Å². The molecule has 1 amide bonds. The number of carbonyl (C=O) groups excluding carboxylic acids is 1. The number of nitrogens with one attached hydrogen (secondary N) is 2. The number of nitrogens with zero attached hydrogens (tertiary/aromatic N) is 2. The molecule has 0 aliphatic heterocycles. The van der Waals surface area contributed by atoms with E-state index < -0.39 is 38.0 Å². The van der Waals surface area contributed by atoms with E-state index in [2.05, 4.69) is 4.98 Å². The predicted molar refractivity (Wildman–Crippen MR) is 115 cm³/mol. The number of hydrazine groups is 1. The molecule has 0 unspecified atom stereocenters. The number of aryl methyl sites for hydroxylation is 1. The fourth-order valence-corrected chi connectivity index (χ4v) is 3.85. The number of amides is 1. The van der Waals surface area contributed by atoms with Crippen LogP contribution in [0.3, 0.4) is 0 Å². The summed E-state index contributed by atoms with van der Waals surface area (Å²) >= 11 is 5.89. The van der Waals surface area contributed by atoms with Crippen LogP contribution in [0.4, 0.5) is 8.78 Å². The Morgan fingerprint density at radius 1 is 1.21 bits per heavy atom. The van der Waals surface area contributed by atoms with Crippen LogP contribution in [0.15, 0.2) is 47.8 Å². The van der Waals surface area contributed by atoms with Crippen LogP contribution < -0.4 is 15.0 Å². The molecule has 3 aromatic rings. The lowest BCUT2D eigenvalue weighted by atomic mass is 10.1. The fourth-order valence-electron chi connectivity index (χ4n) is 2.73. The van der Waals surface area contributed by atoms with Crippen LogP contribution in [-0.4, -0.2) is 44.2 Å². The molecule has 0 saturated heterocycles. The van der Waals surface area contributed by atoms with Crippen molar-refractivity contribution < 1.29 is 31.5 Å². The molecule has 1 heterocycles. The van der Waals surface area contributed by atoms with Crippen LogP contribution in [0.5, 0.6) is 5.75 Å². The Labute approximate surface area is 193 Å². The van der Waals surface area contributed by atoms with Gasteiger partial charge in [-0.25, -0.2) is 22.2 Å². The Kier molecular flexibility index (Phi) is 7.64. The molecule has 2 N–H and O–H groups in total. The van der Waals surface area contributed by atoms with Gasteiger partial charge in [0.2, 0.25) is 0 Å². The average Bonchev–Trinajstić information content (AvgIpc) is 3.20. The van der Waals surface area contributed by atoms with Crippen LogP contribution in [0.2, 0.25) is 5.02 Å². The van der Waals surface area contributed by atoms with Crippen molar-refractivity contribution in [2.24, 2.45) is 7.05 Å². The summed E-state index contributed by atoms with van der Waals surface area (Å²) in [5.41, 5.74) is 2.08. The van der Waals surface area contributed by atoms with Crippen LogP contribution in [-0.2, 0) is 21.8 Å². The van der Waals surface area contributed by atoms with Crippen molar-refractivity contribution >= 4 is 27.5 Å². The Balaban J connectivity index is 1.77. The summed E-state index contributed by atoms with van der Waals surface area (Å²) in [6.45, 7) is 0.402. The minimum Gasteiger partial charge on any atom is -0.491 e. The molecule has 9 nitrogen and oxygen atoms in total. The number of benzene rings is 2. The van der Waals surface area contributed by atoms with Crippen molar-refractivity contribution in [2.75, 3.05) is 20.3 Å². The summed E-state index contributed by atoms with van der Waals surface area (Å²) < 4.78 is 65.3.